The molecular weight excluding hydrogens is 448 g/mol. The molecule has 0 atom stereocenters. The van der Waals surface area contributed by atoms with Crippen LogP contribution in [0.1, 0.15) is 78.7 Å². The number of rotatable bonds is 10. The van der Waals surface area contributed by atoms with Gasteiger partial charge in [0, 0.05) is 31.6 Å². The molecule has 0 spiro atoms. The van der Waals surface area contributed by atoms with Crippen LogP contribution < -0.4 is 5.32 Å². The van der Waals surface area contributed by atoms with Crippen LogP contribution in [0, 0.1) is 13.8 Å². The molecule has 1 heterocycles. The number of aromatic nitrogens is 2. The Morgan fingerprint density at radius 1 is 1.03 bits per heavy atom. The van der Waals surface area contributed by atoms with Crippen LogP contribution in [0.25, 0.3) is 11.0 Å². The summed E-state index contributed by atoms with van der Waals surface area (Å²) in [5.41, 5.74) is 4.89. The molecule has 1 saturated carbocycles. The maximum atomic E-state index is 13.2. The van der Waals surface area contributed by atoms with E-state index in [0.717, 1.165) is 72.1 Å². The molecule has 6 nitrogen and oxygen atoms in total. The molecule has 36 heavy (non-hydrogen) atoms. The van der Waals surface area contributed by atoms with Gasteiger partial charge in [-0.25, -0.2) is 4.98 Å². The largest absolute Gasteiger partial charge is 0.352 e. The highest BCUT2D eigenvalue weighted by Crippen LogP contribution is 2.23. The molecule has 0 radical (unpaired) electrons. The first-order chi connectivity index (χ1) is 17.4. The topological polar surface area (TPSA) is 67.2 Å². The van der Waals surface area contributed by atoms with Crippen molar-refractivity contribution in [2.24, 2.45) is 0 Å². The van der Waals surface area contributed by atoms with Crippen molar-refractivity contribution in [3.63, 3.8) is 0 Å². The second-order valence-electron chi connectivity index (χ2n) is 10.3. The average Bonchev–Trinajstić information content (AvgIpc) is 3.23. The number of aryl methyl sites for hydroxylation is 3. The highest BCUT2D eigenvalue weighted by atomic mass is 16.2. The molecule has 1 aliphatic rings. The SMILES string of the molecule is Cc1ccc(C(=O)NCCCCCc2nc3ccccc3n2CC(=O)N(C)C2CCCCC2)c(C)c1. The Labute approximate surface area is 215 Å². The summed E-state index contributed by atoms with van der Waals surface area (Å²) in [5, 5.41) is 3.05. The van der Waals surface area contributed by atoms with Crippen LogP contribution in [-0.4, -0.2) is 45.9 Å². The minimum atomic E-state index is -0.00473. The fourth-order valence-corrected chi connectivity index (χ4v) is 5.36. The van der Waals surface area contributed by atoms with Crippen molar-refractivity contribution in [3.8, 4) is 0 Å². The number of nitrogens with one attached hydrogen (secondary N) is 1. The number of carbonyl (C=O) groups is 2. The summed E-state index contributed by atoms with van der Waals surface area (Å²) in [6.45, 7) is 5.02. The van der Waals surface area contributed by atoms with E-state index in [1.807, 2.05) is 62.2 Å². The van der Waals surface area contributed by atoms with Crippen LogP contribution >= 0.6 is 0 Å². The highest BCUT2D eigenvalue weighted by molar-refractivity contribution is 5.95. The summed E-state index contributed by atoms with van der Waals surface area (Å²) in [6.07, 6.45) is 9.63. The summed E-state index contributed by atoms with van der Waals surface area (Å²) in [5.74, 6) is 1.14. The van der Waals surface area contributed by atoms with Gasteiger partial charge in [-0.3, -0.25) is 9.59 Å². The Morgan fingerprint density at radius 2 is 1.81 bits per heavy atom. The van der Waals surface area contributed by atoms with Gasteiger partial charge in [0.1, 0.15) is 12.4 Å². The number of para-hydroxylation sites is 2. The number of carbonyl (C=O) groups excluding carboxylic acids is 2. The molecule has 0 unspecified atom stereocenters. The van der Waals surface area contributed by atoms with Gasteiger partial charge in [0.2, 0.25) is 5.91 Å². The van der Waals surface area contributed by atoms with Crippen LogP contribution in [0.5, 0.6) is 0 Å². The third-order valence-corrected chi connectivity index (χ3v) is 7.53. The first-order valence-corrected chi connectivity index (χ1v) is 13.5. The maximum absolute atomic E-state index is 13.2. The number of fused-ring (bicyclic) bond motifs is 1. The molecule has 4 rings (SSSR count). The van der Waals surface area contributed by atoms with Crippen LogP contribution in [0.2, 0.25) is 0 Å². The Hall–Kier alpha value is -3.15. The van der Waals surface area contributed by atoms with Crippen LogP contribution in [0.4, 0.5) is 0 Å². The number of hydrogen-bond donors (Lipinski definition) is 1. The number of imidazole rings is 1. The number of nitrogens with zero attached hydrogens (tertiary/aromatic N) is 3. The number of unbranched alkanes of at least 4 members (excludes halogenated alkanes) is 2. The monoisotopic (exact) mass is 488 g/mol. The fourth-order valence-electron chi connectivity index (χ4n) is 5.36. The standard InChI is InChI=1S/C30H40N4O2/c1-22-17-18-25(23(2)20-22)30(36)31-19-11-5-8-16-28-32-26-14-9-10-15-27(26)34(28)21-29(35)33(3)24-12-6-4-7-13-24/h9-10,14-15,17-18,20,24H,4-8,11-13,16,19,21H2,1-3H3,(H,31,36). The fraction of sp³-hybridized carbons (Fsp3) is 0.500. The van der Waals surface area contributed by atoms with E-state index in [9.17, 15) is 9.59 Å². The predicted molar refractivity (Wildman–Crippen MR) is 145 cm³/mol. The molecule has 1 aliphatic carbocycles. The Bertz CT molecular complexity index is 1190. The molecule has 192 valence electrons. The molecule has 1 fully saturated rings. The minimum absolute atomic E-state index is 0.00473. The number of amides is 2. The molecule has 0 bridgehead atoms. The van der Waals surface area contributed by atoms with E-state index in [1.54, 1.807) is 0 Å². The van der Waals surface area contributed by atoms with Gasteiger partial charge in [0.15, 0.2) is 0 Å². The highest BCUT2D eigenvalue weighted by Gasteiger charge is 2.23. The number of hydrogen-bond acceptors (Lipinski definition) is 3. The van der Waals surface area contributed by atoms with E-state index >= 15 is 0 Å². The number of benzene rings is 2. The predicted octanol–water partition coefficient (Wildman–Crippen LogP) is 5.59. The Kier molecular flexibility index (Phi) is 8.79. The molecule has 2 aromatic carbocycles. The first kappa shape index (κ1) is 25.9. The summed E-state index contributed by atoms with van der Waals surface area (Å²) < 4.78 is 2.11. The van der Waals surface area contributed by atoms with E-state index < -0.39 is 0 Å². The summed E-state index contributed by atoms with van der Waals surface area (Å²) in [7, 11) is 1.96. The van der Waals surface area contributed by atoms with Gasteiger partial charge in [0.05, 0.1) is 11.0 Å². The first-order valence-electron chi connectivity index (χ1n) is 13.5. The van der Waals surface area contributed by atoms with Crippen LogP contribution in [-0.2, 0) is 17.8 Å². The van der Waals surface area contributed by atoms with Crippen molar-refractivity contribution in [1.29, 1.82) is 0 Å². The molecule has 0 saturated heterocycles. The van der Waals surface area contributed by atoms with Crippen molar-refractivity contribution in [3.05, 3.63) is 65.0 Å². The van der Waals surface area contributed by atoms with Crippen molar-refractivity contribution in [1.82, 2.24) is 19.8 Å². The van der Waals surface area contributed by atoms with Crippen molar-refractivity contribution in [2.75, 3.05) is 13.6 Å². The maximum Gasteiger partial charge on any atom is 0.251 e. The second-order valence-corrected chi connectivity index (χ2v) is 10.3. The van der Waals surface area contributed by atoms with Gasteiger partial charge < -0.3 is 14.8 Å². The molecular formula is C30H40N4O2. The van der Waals surface area contributed by atoms with Crippen LogP contribution in [0.3, 0.4) is 0 Å². The second kappa shape index (κ2) is 12.2. The quantitative estimate of drug-likeness (QED) is 0.379. The number of likely N-dealkylation sites (N-methyl/N-ethyl adjacent to an activating group) is 1. The molecule has 1 N–H and O–H groups in total. The van der Waals surface area contributed by atoms with E-state index in [-0.39, 0.29) is 11.8 Å². The Balaban J connectivity index is 1.30. The van der Waals surface area contributed by atoms with Crippen molar-refractivity contribution < 1.29 is 9.59 Å². The molecule has 0 aliphatic heterocycles. The van der Waals surface area contributed by atoms with Gasteiger partial charge in [0.25, 0.3) is 5.91 Å². The lowest BCUT2D eigenvalue weighted by molar-refractivity contribution is -0.133. The van der Waals surface area contributed by atoms with Gasteiger partial charge >= 0.3 is 0 Å². The zero-order valence-corrected chi connectivity index (χ0v) is 22.1. The third-order valence-electron chi connectivity index (χ3n) is 7.53. The third kappa shape index (κ3) is 6.34. The lowest BCUT2D eigenvalue weighted by Crippen LogP contribution is -2.40. The zero-order valence-electron chi connectivity index (χ0n) is 22.1. The smallest absolute Gasteiger partial charge is 0.251 e. The van der Waals surface area contributed by atoms with Crippen molar-refractivity contribution in [2.45, 2.75) is 84.2 Å². The molecule has 3 aromatic rings. The minimum Gasteiger partial charge on any atom is -0.352 e. The van der Waals surface area contributed by atoms with E-state index in [0.29, 0.717) is 19.1 Å². The van der Waals surface area contributed by atoms with E-state index in [4.69, 9.17) is 4.98 Å². The zero-order chi connectivity index (χ0) is 25.5. The van der Waals surface area contributed by atoms with Gasteiger partial charge in [-0.1, -0.05) is 55.5 Å². The van der Waals surface area contributed by atoms with Gasteiger partial charge in [-0.15, -0.1) is 0 Å². The van der Waals surface area contributed by atoms with E-state index in [1.165, 1.54) is 19.3 Å². The normalized spacial score (nSPS) is 14.2. The summed E-state index contributed by atoms with van der Waals surface area (Å²) in [6, 6.07) is 14.4. The summed E-state index contributed by atoms with van der Waals surface area (Å²) in [4.78, 5) is 32.5. The van der Waals surface area contributed by atoms with Gasteiger partial charge in [-0.05, 0) is 63.3 Å². The van der Waals surface area contributed by atoms with Crippen molar-refractivity contribution >= 4 is 22.8 Å². The van der Waals surface area contributed by atoms with Gasteiger partial charge in [-0.2, -0.15) is 0 Å². The van der Waals surface area contributed by atoms with E-state index in [2.05, 4.69) is 16.0 Å². The molecule has 2 amide bonds. The lowest BCUT2D eigenvalue weighted by Gasteiger charge is -2.31. The average molecular weight is 489 g/mol. The Morgan fingerprint density at radius 3 is 2.58 bits per heavy atom. The summed E-state index contributed by atoms with van der Waals surface area (Å²) >= 11 is 0. The van der Waals surface area contributed by atoms with Crippen LogP contribution in [0.15, 0.2) is 42.5 Å². The lowest BCUT2D eigenvalue weighted by atomic mass is 9.94. The molecule has 6 heteroatoms. The molecule has 1 aromatic heterocycles.